The Kier molecular flexibility index (Phi) is 3.31. The molecule has 0 fully saturated rings. The van der Waals surface area contributed by atoms with Crippen molar-refractivity contribution in [3.8, 4) is 16.9 Å². The molecule has 0 amide bonds. The van der Waals surface area contributed by atoms with Crippen LogP contribution in [0.4, 0.5) is 36.4 Å². The van der Waals surface area contributed by atoms with Crippen molar-refractivity contribution in [1.29, 1.82) is 0 Å². The Morgan fingerprint density at radius 2 is 1.52 bits per heavy atom. The topological polar surface area (TPSA) is 21.6 Å². The van der Waals surface area contributed by atoms with Gasteiger partial charge in [0, 0.05) is 17.7 Å². The van der Waals surface area contributed by atoms with Crippen molar-refractivity contribution in [2.75, 3.05) is 0 Å². The quantitative estimate of drug-likeness (QED) is 0.419. The number of benzene rings is 2. The van der Waals surface area contributed by atoms with E-state index in [0.29, 0.717) is 12.1 Å². The summed E-state index contributed by atoms with van der Waals surface area (Å²) in [4.78, 5) is 3.29. The standard InChI is InChI=1S/C14H4F7NO/c15-6-3-10-9(22-4-14(20,21)23-10)1-5(6)11-7(16)2-8(17)12(18)13(11)19/h1-4H. The van der Waals surface area contributed by atoms with Gasteiger partial charge in [-0.3, -0.25) is 0 Å². The second-order valence-corrected chi connectivity index (χ2v) is 4.57. The Morgan fingerprint density at radius 1 is 0.826 bits per heavy atom. The third-order valence-corrected chi connectivity index (χ3v) is 3.03. The fourth-order valence-electron chi connectivity index (χ4n) is 2.05. The molecule has 2 aromatic rings. The molecule has 0 aliphatic carbocycles. The summed E-state index contributed by atoms with van der Waals surface area (Å²) < 4.78 is 97.6. The molecule has 9 heteroatoms. The van der Waals surface area contributed by atoms with Crippen molar-refractivity contribution in [1.82, 2.24) is 0 Å². The van der Waals surface area contributed by atoms with Gasteiger partial charge in [0.25, 0.3) is 0 Å². The monoisotopic (exact) mass is 335 g/mol. The maximum Gasteiger partial charge on any atom is 0.437 e. The Morgan fingerprint density at radius 3 is 2.22 bits per heavy atom. The van der Waals surface area contributed by atoms with Crippen LogP contribution in [0.25, 0.3) is 11.1 Å². The van der Waals surface area contributed by atoms with Crippen LogP contribution in [0.1, 0.15) is 0 Å². The summed E-state index contributed by atoms with van der Waals surface area (Å²) in [6, 6.07) is 1.16. The number of aliphatic imine (C=N–C) groups is 1. The largest absolute Gasteiger partial charge is 0.437 e. The lowest BCUT2D eigenvalue weighted by Crippen LogP contribution is -2.28. The maximum atomic E-state index is 14.0. The van der Waals surface area contributed by atoms with Crippen molar-refractivity contribution >= 4 is 11.9 Å². The number of hydrogen-bond acceptors (Lipinski definition) is 2. The molecule has 0 aromatic heterocycles. The van der Waals surface area contributed by atoms with Crippen LogP contribution in [0.3, 0.4) is 0 Å². The predicted molar refractivity (Wildman–Crippen MR) is 65.4 cm³/mol. The van der Waals surface area contributed by atoms with E-state index in [2.05, 4.69) is 9.73 Å². The van der Waals surface area contributed by atoms with Crippen LogP contribution in [0.5, 0.6) is 5.75 Å². The average Bonchev–Trinajstić information content (AvgIpc) is 2.45. The van der Waals surface area contributed by atoms with Crippen molar-refractivity contribution in [3.05, 3.63) is 47.3 Å². The summed E-state index contributed by atoms with van der Waals surface area (Å²) in [5.41, 5.74) is -2.35. The first kappa shape index (κ1) is 15.3. The molecule has 0 spiro atoms. The van der Waals surface area contributed by atoms with Crippen molar-refractivity contribution in [2.45, 2.75) is 6.11 Å². The van der Waals surface area contributed by atoms with E-state index in [4.69, 9.17) is 0 Å². The molecule has 3 rings (SSSR count). The van der Waals surface area contributed by atoms with Gasteiger partial charge in [0.05, 0.1) is 5.56 Å². The number of halogens is 7. The number of alkyl halides is 2. The second kappa shape index (κ2) is 4.97. The number of rotatable bonds is 1. The maximum absolute atomic E-state index is 14.0. The van der Waals surface area contributed by atoms with Crippen molar-refractivity contribution in [2.24, 2.45) is 4.99 Å². The first-order chi connectivity index (χ1) is 10.7. The van der Waals surface area contributed by atoms with Crippen LogP contribution in [-0.4, -0.2) is 12.3 Å². The summed E-state index contributed by atoms with van der Waals surface area (Å²) in [7, 11) is 0. The molecule has 0 atom stereocenters. The van der Waals surface area contributed by atoms with Crippen LogP contribution in [0.2, 0.25) is 0 Å². The second-order valence-electron chi connectivity index (χ2n) is 4.57. The minimum atomic E-state index is -3.76. The third-order valence-electron chi connectivity index (χ3n) is 3.03. The van der Waals surface area contributed by atoms with Crippen molar-refractivity contribution in [3.63, 3.8) is 0 Å². The highest BCUT2D eigenvalue weighted by molar-refractivity contribution is 5.79. The van der Waals surface area contributed by atoms with Crippen molar-refractivity contribution < 1.29 is 35.5 Å². The number of fused-ring (bicyclic) bond motifs is 1. The first-order valence-corrected chi connectivity index (χ1v) is 5.98. The SMILES string of the molecule is Fc1cc2c(cc1-c1c(F)cc(F)c(F)c1F)N=CC(F)(F)O2. The molecule has 2 nitrogen and oxygen atoms in total. The summed E-state index contributed by atoms with van der Waals surface area (Å²) in [6.07, 6.45) is -3.66. The Hall–Kier alpha value is -2.58. The minimum Gasteiger partial charge on any atom is -0.426 e. The molecule has 0 bridgehead atoms. The number of nitrogens with zero attached hydrogens (tertiary/aromatic N) is 1. The van der Waals surface area contributed by atoms with E-state index in [-0.39, 0.29) is 18.0 Å². The number of hydrogen-bond donors (Lipinski definition) is 0. The van der Waals surface area contributed by atoms with E-state index >= 15 is 0 Å². The smallest absolute Gasteiger partial charge is 0.426 e. The molecule has 0 saturated heterocycles. The highest BCUT2D eigenvalue weighted by Crippen LogP contribution is 2.41. The molecule has 1 heterocycles. The van der Waals surface area contributed by atoms with Gasteiger partial charge in [-0.25, -0.2) is 26.9 Å². The first-order valence-electron chi connectivity index (χ1n) is 5.98. The molecule has 0 saturated carbocycles. The molecule has 1 aliphatic rings. The number of ether oxygens (including phenoxy) is 1. The van der Waals surface area contributed by atoms with Gasteiger partial charge in [-0.05, 0) is 6.07 Å². The van der Waals surface area contributed by atoms with Crippen LogP contribution in [0.15, 0.2) is 23.2 Å². The molecule has 1 aliphatic heterocycles. The van der Waals surface area contributed by atoms with E-state index in [0.717, 1.165) is 0 Å². The molecular formula is C14H4F7NO. The third kappa shape index (κ3) is 2.51. The van der Waals surface area contributed by atoms with Crippen LogP contribution >= 0.6 is 0 Å². The van der Waals surface area contributed by atoms with E-state index in [1.807, 2.05) is 0 Å². The molecular weight excluding hydrogens is 331 g/mol. The lowest BCUT2D eigenvalue weighted by atomic mass is 10.0. The van der Waals surface area contributed by atoms with Crippen LogP contribution < -0.4 is 4.74 Å². The summed E-state index contributed by atoms with van der Waals surface area (Å²) >= 11 is 0. The molecule has 2 aromatic carbocycles. The Labute approximate surface area is 123 Å². The fourth-order valence-corrected chi connectivity index (χ4v) is 2.05. The highest BCUT2D eigenvalue weighted by atomic mass is 19.3. The zero-order valence-electron chi connectivity index (χ0n) is 10.8. The lowest BCUT2D eigenvalue weighted by molar-refractivity contribution is -0.109. The fraction of sp³-hybridized carbons (Fsp3) is 0.0714. The molecule has 0 N–H and O–H groups in total. The van der Waals surface area contributed by atoms with Crippen LogP contribution in [-0.2, 0) is 0 Å². The van der Waals surface area contributed by atoms with Gasteiger partial charge in [-0.15, -0.1) is 0 Å². The lowest BCUT2D eigenvalue weighted by Gasteiger charge is -2.20. The van der Waals surface area contributed by atoms with E-state index in [1.54, 1.807) is 0 Å². The van der Waals surface area contributed by atoms with Gasteiger partial charge in [-0.2, -0.15) is 8.78 Å². The average molecular weight is 335 g/mol. The molecule has 120 valence electrons. The highest BCUT2D eigenvalue weighted by Gasteiger charge is 2.34. The Balaban J connectivity index is 2.22. The van der Waals surface area contributed by atoms with Gasteiger partial charge in [0.2, 0.25) is 0 Å². The van der Waals surface area contributed by atoms with Gasteiger partial charge in [0.15, 0.2) is 23.2 Å². The van der Waals surface area contributed by atoms with Gasteiger partial charge < -0.3 is 4.74 Å². The van der Waals surface area contributed by atoms with Crippen LogP contribution in [0, 0.1) is 29.1 Å². The molecule has 0 unspecified atom stereocenters. The molecule has 0 radical (unpaired) electrons. The minimum absolute atomic E-state index is 0.0422. The van der Waals surface area contributed by atoms with E-state index in [1.165, 1.54) is 0 Å². The predicted octanol–water partition coefficient (Wildman–Crippen LogP) is 4.74. The van der Waals surface area contributed by atoms with Gasteiger partial charge in [0.1, 0.15) is 23.5 Å². The van der Waals surface area contributed by atoms with Gasteiger partial charge >= 0.3 is 6.11 Å². The van der Waals surface area contributed by atoms with E-state index < -0.39 is 52.1 Å². The summed E-state index contributed by atoms with van der Waals surface area (Å²) in [5, 5.41) is 0. The van der Waals surface area contributed by atoms with E-state index in [9.17, 15) is 30.7 Å². The molecule has 23 heavy (non-hydrogen) atoms. The Bertz CT molecular complexity index is 848. The normalized spacial score (nSPS) is 15.3. The van der Waals surface area contributed by atoms with Gasteiger partial charge in [-0.1, -0.05) is 0 Å². The summed E-state index contributed by atoms with van der Waals surface area (Å²) in [6.45, 7) is 0. The zero-order valence-corrected chi connectivity index (χ0v) is 10.8. The zero-order chi connectivity index (χ0) is 16.9. The summed E-state index contributed by atoms with van der Waals surface area (Å²) in [5.74, 6) is -9.34.